The smallest absolute Gasteiger partial charge is 0.246 e. The maximum Gasteiger partial charge on any atom is 0.246 e. The highest BCUT2D eigenvalue weighted by Crippen LogP contribution is 2.30. The first kappa shape index (κ1) is 14.8. The van der Waals surface area contributed by atoms with Crippen LogP contribution in [0.4, 0.5) is 0 Å². The fourth-order valence-electron chi connectivity index (χ4n) is 2.86. The third-order valence-electron chi connectivity index (χ3n) is 4.18. The molecule has 0 spiro atoms. The molecule has 2 aliphatic heterocycles. The highest BCUT2D eigenvalue weighted by molar-refractivity contribution is 7.89. The van der Waals surface area contributed by atoms with E-state index in [2.05, 4.69) is 10.2 Å². The minimum Gasteiger partial charge on any atom is -0.495 e. The molecule has 0 bridgehead atoms. The normalized spacial score (nSPS) is 22.0. The first-order valence-electron chi connectivity index (χ1n) is 7.21. The van der Waals surface area contributed by atoms with Crippen molar-refractivity contribution in [2.45, 2.75) is 10.9 Å². The number of para-hydroxylation sites is 1. The predicted molar refractivity (Wildman–Crippen MR) is 80.0 cm³/mol. The molecule has 21 heavy (non-hydrogen) atoms. The number of methoxy groups -OCH3 is 1. The summed E-state index contributed by atoms with van der Waals surface area (Å²) in [7, 11) is -1.96. The van der Waals surface area contributed by atoms with Gasteiger partial charge in [0, 0.05) is 45.3 Å². The van der Waals surface area contributed by atoms with Crippen molar-refractivity contribution in [2.75, 3.05) is 46.4 Å². The van der Waals surface area contributed by atoms with Crippen LogP contribution in [0.1, 0.15) is 0 Å². The fourth-order valence-corrected chi connectivity index (χ4v) is 4.53. The van der Waals surface area contributed by atoms with Crippen LogP contribution >= 0.6 is 0 Å². The molecule has 2 fully saturated rings. The molecule has 0 aliphatic carbocycles. The molecule has 7 heteroatoms. The summed E-state index contributed by atoms with van der Waals surface area (Å²) in [6.07, 6.45) is 0. The fraction of sp³-hybridized carbons (Fsp3) is 0.571. The molecule has 3 rings (SSSR count). The molecule has 1 aromatic rings. The topological polar surface area (TPSA) is 61.9 Å². The van der Waals surface area contributed by atoms with Gasteiger partial charge in [-0.25, -0.2) is 8.42 Å². The van der Waals surface area contributed by atoms with Gasteiger partial charge in [0.15, 0.2) is 0 Å². The van der Waals surface area contributed by atoms with Crippen molar-refractivity contribution in [3.05, 3.63) is 24.3 Å². The number of rotatable bonds is 4. The van der Waals surface area contributed by atoms with Crippen LogP contribution in [0.3, 0.4) is 0 Å². The van der Waals surface area contributed by atoms with Gasteiger partial charge in [-0.3, -0.25) is 4.90 Å². The molecule has 0 radical (unpaired) electrons. The van der Waals surface area contributed by atoms with E-state index in [9.17, 15) is 8.42 Å². The summed E-state index contributed by atoms with van der Waals surface area (Å²) in [5, 5.41) is 3.31. The molecular formula is C14H21N3O3S. The van der Waals surface area contributed by atoms with Gasteiger partial charge in [0.2, 0.25) is 10.0 Å². The van der Waals surface area contributed by atoms with Crippen LogP contribution in [0.25, 0.3) is 0 Å². The number of nitrogens with one attached hydrogen (secondary N) is 1. The summed E-state index contributed by atoms with van der Waals surface area (Å²) in [5.74, 6) is 0.406. The van der Waals surface area contributed by atoms with Crippen LogP contribution in [-0.2, 0) is 10.0 Å². The van der Waals surface area contributed by atoms with Gasteiger partial charge in [-0.2, -0.15) is 4.31 Å². The van der Waals surface area contributed by atoms with Gasteiger partial charge in [-0.15, -0.1) is 0 Å². The van der Waals surface area contributed by atoms with E-state index in [0.29, 0.717) is 24.9 Å². The lowest BCUT2D eigenvalue weighted by Crippen LogP contribution is -2.63. The van der Waals surface area contributed by atoms with E-state index >= 15 is 0 Å². The lowest BCUT2D eigenvalue weighted by atomic mass is 10.1. The molecule has 1 N–H and O–H groups in total. The third-order valence-corrected chi connectivity index (χ3v) is 6.05. The first-order chi connectivity index (χ1) is 10.1. The molecule has 1 aromatic carbocycles. The molecule has 6 nitrogen and oxygen atoms in total. The second kappa shape index (κ2) is 5.92. The Morgan fingerprint density at radius 1 is 1.19 bits per heavy atom. The minimum absolute atomic E-state index is 0.256. The Labute approximate surface area is 125 Å². The Balaban J connectivity index is 1.70. The number of sulfonamides is 1. The van der Waals surface area contributed by atoms with E-state index in [1.807, 2.05) is 0 Å². The molecule has 0 atom stereocenters. The van der Waals surface area contributed by atoms with Crippen molar-refractivity contribution < 1.29 is 13.2 Å². The van der Waals surface area contributed by atoms with Gasteiger partial charge in [-0.1, -0.05) is 12.1 Å². The molecule has 2 heterocycles. The number of nitrogens with zero attached hydrogens (tertiary/aromatic N) is 2. The summed E-state index contributed by atoms with van der Waals surface area (Å²) in [6, 6.07) is 7.13. The standard InChI is InChI=1S/C14H21N3O3S/c1-20-13-4-2-3-5-14(13)21(18,19)17-10-12(11-17)16-8-6-15-7-9-16/h2-5,12,15H,6-11H2,1H3. The minimum atomic E-state index is -3.45. The highest BCUT2D eigenvalue weighted by Gasteiger charge is 2.40. The zero-order valence-corrected chi connectivity index (χ0v) is 13.0. The molecule has 0 aromatic heterocycles. The molecular weight excluding hydrogens is 290 g/mol. The van der Waals surface area contributed by atoms with E-state index in [-0.39, 0.29) is 4.90 Å². The Kier molecular flexibility index (Phi) is 4.17. The zero-order chi connectivity index (χ0) is 14.9. The van der Waals surface area contributed by atoms with Gasteiger partial charge in [-0.05, 0) is 12.1 Å². The summed E-state index contributed by atoms with van der Waals surface area (Å²) >= 11 is 0. The van der Waals surface area contributed by atoms with E-state index in [4.69, 9.17) is 4.74 Å². The monoisotopic (exact) mass is 311 g/mol. The van der Waals surface area contributed by atoms with E-state index in [1.165, 1.54) is 11.4 Å². The lowest BCUT2D eigenvalue weighted by Gasteiger charge is -2.45. The van der Waals surface area contributed by atoms with Gasteiger partial charge in [0.05, 0.1) is 7.11 Å². The second-order valence-electron chi connectivity index (χ2n) is 5.41. The average molecular weight is 311 g/mol. The quantitative estimate of drug-likeness (QED) is 0.846. The third kappa shape index (κ3) is 2.78. The molecule has 2 saturated heterocycles. The van der Waals surface area contributed by atoms with E-state index in [1.54, 1.807) is 24.3 Å². The summed E-state index contributed by atoms with van der Waals surface area (Å²) in [5.41, 5.74) is 0. The van der Waals surface area contributed by atoms with Gasteiger partial charge in [0.1, 0.15) is 10.6 Å². The number of hydrogen-bond acceptors (Lipinski definition) is 5. The van der Waals surface area contributed by atoms with Gasteiger partial charge >= 0.3 is 0 Å². The van der Waals surface area contributed by atoms with E-state index < -0.39 is 10.0 Å². The Morgan fingerprint density at radius 3 is 2.52 bits per heavy atom. The summed E-state index contributed by atoms with van der Waals surface area (Å²) < 4.78 is 32.0. The van der Waals surface area contributed by atoms with E-state index in [0.717, 1.165) is 26.2 Å². The van der Waals surface area contributed by atoms with Crippen molar-refractivity contribution in [1.29, 1.82) is 0 Å². The van der Waals surface area contributed by atoms with Crippen LogP contribution in [-0.4, -0.2) is 70.0 Å². The predicted octanol–water partition coefficient (Wildman–Crippen LogP) is -0.0267. The summed E-state index contributed by atoms with van der Waals surface area (Å²) in [6.45, 7) is 5.09. The van der Waals surface area contributed by atoms with Crippen LogP contribution in [0.2, 0.25) is 0 Å². The number of benzene rings is 1. The molecule has 116 valence electrons. The second-order valence-corrected chi connectivity index (χ2v) is 7.32. The zero-order valence-electron chi connectivity index (χ0n) is 12.2. The van der Waals surface area contributed by atoms with Crippen molar-refractivity contribution >= 4 is 10.0 Å². The number of ether oxygens (including phenoxy) is 1. The van der Waals surface area contributed by atoms with Crippen LogP contribution < -0.4 is 10.1 Å². The maximum atomic E-state index is 12.6. The lowest BCUT2D eigenvalue weighted by molar-refractivity contribution is 0.0772. The maximum absolute atomic E-state index is 12.6. The largest absolute Gasteiger partial charge is 0.495 e. The van der Waals surface area contributed by atoms with Crippen LogP contribution in [0.15, 0.2) is 29.2 Å². The van der Waals surface area contributed by atoms with Crippen molar-refractivity contribution in [2.24, 2.45) is 0 Å². The SMILES string of the molecule is COc1ccccc1S(=O)(=O)N1CC(N2CCNCC2)C1. The molecule has 0 saturated carbocycles. The van der Waals surface area contributed by atoms with Crippen molar-refractivity contribution in [3.8, 4) is 5.75 Å². The van der Waals surface area contributed by atoms with Crippen molar-refractivity contribution in [3.63, 3.8) is 0 Å². The van der Waals surface area contributed by atoms with Crippen LogP contribution in [0, 0.1) is 0 Å². The Hall–Kier alpha value is -1.15. The first-order valence-corrected chi connectivity index (χ1v) is 8.65. The number of hydrogen-bond donors (Lipinski definition) is 1. The van der Waals surface area contributed by atoms with Crippen molar-refractivity contribution in [1.82, 2.24) is 14.5 Å². The summed E-state index contributed by atoms with van der Waals surface area (Å²) in [4.78, 5) is 2.62. The molecule has 0 amide bonds. The number of piperazine rings is 1. The molecule has 0 unspecified atom stereocenters. The average Bonchev–Trinajstić information content (AvgIpc) is 2.46. The Morgan fingerprint density at radius 2 is 1.86 bits per heavy atom. The van der Waals surface area contributed by atoms with Gasteiger partial charge in [0.25, 0.3) is 0 Å². The van der Waals surface area contributed by atoms with Gasteiger partial charge < -0.3 is 10.1 Å². The highest BCUT2D eigenvalue weighted by atomic mass is 32.2. The Bertz CT molecular complexity index is 593. The molecule has 2 aliphatic rings. The van der Waals surface area contributed by atoms with Crippen LogP contribution in [0.5, 0.6) is 5.75 Å².